The Kier molecular flexibility index (Phi) is 11.4. The molecule has 0 radical (unpaired) electrons. The normalized spacial score (nSPS) is 19.9. The predicted octanol–water partition coefficient (Wildman–Crippen LogP) is 3.19. The third kappa shape index (κ3) is 9.27. The summed E-state index contributed by atoms with van der Waals surface area (Å²) in [5.74, 6) is -4.40. The van der Waals surface area contributed by atoms with Crippen LogP contribution in [-0.4, -0.2) is 106 Å². The lowest BCUT2D eigenvalue weighted by molar-refractivity contribution is -0.193. The summed E-state index contributed by atoms with van der Waals surface area (Å²) >= 11 is 0. The maximum absolute atomic E-state index is 13.3. The third-order valence-electron chi connectivity index (χ3n) is 6.69. The van der Waals surface area contributed by atoms with Crippen LogP contribution in [0.25, 0.3) is 0 Å². The van der Waals surface area contributed by atoms with Crippen LogP contribution in [0.5, 0.6) is 0 Å². The van der Waals surface area contributed by atoms with E-state index in [9.17, 15) is 35.9 Å². The Morgan fingerprint density at radius 1 is 0.907 bits per heavy atom. The lowest BCUT2D eigenvalue weighted by Gasteiger charge is -2.34. The second-order valence-electron chi connectivity index (χ2n) is 9.82. The number of halogens is 6. The average Bonchev–Trinajstić information content (AvgIpc) is 3.21. The van der Waals surface area contributed by atoms with Crippen molar-refractivity contribution < 1.29 is 55.7 Å². The molecule has 0 spiro atoms. The molecule has 2 aromatic heterocycles. The monoisotopic (exact) mass is 621 g/mol. The van der Waals surface area contributed by atoms with Crippen LogP contribution in [0.3, 0.4) is 0 Å². The van der Waals surface area contributed by atoms with Crippen LogP contribution in [-0.2, 0) is 14.4 Å². The number of hydrogen-bond acceptors (Lipinski definition) is 7. The van der Waals surface area contributed by atoms with Crippen molar-refractivity contribution in [3.05, 3.63) is 54.5 Å². The number of aliphatic carboxylic acids is 2. The molecule has 2 atom stereocenters. The van der Waals surface area contributed by atoms with Crippen LogP contribution < -0.4 is 4.90 Å². The molecule has 0 aromatic carbocycles. The van der Waals surface area contributed by atoms with Crippen LogP contribution in [0, 0.1) is 11.3 Å². The standard InChI is InChI=1S/C22H27N5O2.2C2HF3O2/c1-25(2)21(29)22-9-5-13-26(20(28)17-7-11-23-12-8-17)14-18(22)15-27(16-22)19-6-3-4-10-24-19;2*3-2(4,5)1(6)7/h3-4,6-8,10-12,18H,5,9,13-16H2,1-2H3;2*(H,6,7)/t18-,22-;;/m0../s1. The van der Waals surface area contributed by atoms with Crippen molar-refractivity contribution in [1.29, 1.82) is 0 Å². The quantitative estimate of drug-likeness (QED) is 0.494. The SMILES string of the molecule is CN(C)C(=O)[C@]12CCCN(C(=O)c3ccncc3)C[C@H]1CN(c1ccccn1)C2.O=C(O)C(F)(F)F.O=C(O)C(F)(F)F. The summed E-state index contributed by atoms with van der Waals surface area (Å²) < 4.78 is 63.5. The van der Waals surface area contributed by atoms with Crippen molar-refractivity contribution in [3.8, 4) is 0 Å². The molecule has 0 unspecified atom stereocenters. The van der Waals surface area contributed by atoms with E-state index < -0.39 is 29.7 Å². The largest absolute Gasteiger partial charge is 0.490 e. The van der Waals surface area contributed by atoms with Crippen LogP contribution in [0.2, 0.25) is 0 Å². The van der Waals surface area contributed by atoms with Gasteiger partial charge in [-0.15, -0.1) is 0 Å². The number of aromatic nitrogens is 2. The Balaban J connectivity index is 0.000000384. The van der Waals surface area contributed by atoms with Crippen LogP contribution in [0.4, 0.5) is 32.2 Å². The van der Waals surface area contributed by atoms with Crippen molar-refractivity contribution in [2.75, 3.05) is 45.2 Å². The third-order valence-corrected chi connectivity index (χ3v) is 6.69. The van der Waals surface area contributed by atoms with Gasteiger partial charge in [0.2, 0.25) is 5.91 Å². The molecule has 4 heterocycles. The highest BCUT2D eigenvalue weighted by molar-refractivity contribution is 5.94. The van der Waals surface area contributed by atoms with Gasteiger partial charge in [0.15, 0.2) is 0 Å². The summed E-state index contributed by atoms with van der Waals surface area (Å²) in [5.41, 5.74) is 0.153. The molecule has 2 aliphatic heterocycles. The first-order valence-corrected chi connectivity index (χ1v) is 12.6. The Morgan fingerprint density at radius 3 is 1.93 bits per heavy atom. The number of pyridine rings is 2. The molecule has 2 fully saturated rings. The first kappa shape index (κ1) is 34.8. The minimum atomic E-state index is -5.08. The fourth-order valence-electron chi connectivity index (χ4n) is 4.80. The molecule has 2 amide bonds. The lowest BCUT2D eigenvalue weighted by atomic mass is 9.74. The van der Waals surface area contributed by atoms with Crippen LogP contribution in [0.15, 0.2) is 48.9 Å². The van der Waals surface area contributed by atoms with Gasteiger partial charge in [-0.25, -0.2) is 14.6 Å². The van der Waals surface area contributed by atoms with Gasteiger partial charge in [-0.3, -0.25) is 14.6 Å². The number of carbonyl (C=O) groups excluding carboxylic acids is 2. The van der Waals surface area contributed by atoms with E-state index in [4.69, 9.17) is 19.8 Å². The number of alkyl halides is 6. The summed E-state index contributed by atoms with van der Waals surface area (Å²) in [6, 6.07) is 9.35. The molecule has 17 heteroatoms. The Bertz CT molecular complexity index is 1240. The van der Waals surface area contributed by atoms with Gasteiger partial charge in [-0.1, -0.05) is 6.07 Å². The lowest BCUT2D eigenvalue weighted by Crippen LogP contribution is -2.47. The fourth-order valence-corrected chi connectivity index (χ4v) is 4.80. The highest BCUT2D eigenvalue weighted by atomic mass is 19.4. The zero-order valence-electron chi connectivity index (χ0n) is 23.0. The number of hydrogen-bond donors (Lipinski definition) is 2. The second-order valence-corrected chi connectivity index (χ2v) is 9.82. The second kappa shape index (κ2) is 14.2. The van der Waals surface area contributed by atoms with Crippen LogP contribution >= 0.6 is 0 Å². The highest BCUT2D eigenvalue weighted by Gasteiger charge is 2.54. The molecule has 11 nitrogen and oxygen atoms in total. The first-order valence-electron chi connectivity index (χ1n) is 12.6. The van der Waals surface area contributed by atoms with Crippen molar-refractivity contribution in [3.63, 3.8) is 0 Å². The molecular weight excluding hydrogens is 592 g/mol. The Hall–Kier alpha value is -4.44. The molecule has 43 heavy (non-hydrogen) atoms. The minimum absolute atomic E-state index is 0.0109. The molecule has 4 rings (SSSR count). The molecule has 236 valence electrons. The minimum Gasteiger partial charge on any atom is -0.475 e. The number of anilines is 1. The van der Waals surface area contributed by atoms with Gasteiger partial charge in [0, 0.05) is 70.3 Å². The average molecular weight is 622 g/mol. The van der Waals surface area contributed by atoms with Crippen molar-refractivity contribution in [1.82, 2.24) is 19.8 Å². The number of amides is 2. The van der Waals surface area contributed by atoms with E-state index in [0.29, 0.717) is 25.2 Å². The van der Waals surface area contributed by atoms with E-state index in [2.05, 4.69) is 14.9 Å². The maximum Gasteiger partial charge on any atom is 0.490 e. The molecule has 0 aliphatic carbocycles. The Labute approximate surface area is 241 Å². The van der Waals surface area contributed by atoms with E-state index in [1.165, 1.54) is 0 Å². The number of carboxylic acids is 2. The van der Waals surface area contributed by atoms with Crippen LogP contribution in [0.1, 0.15) is 23.2 Å². The molecule has 0 bridgehead atoms. The molecular formula is C26H29F6N5O6. The van der Waals surface area contributed by atoms with Gasteiger partial charge in [0.05, 0.1) is 5.41 Å². The van der Waals surface area contributed by atoms with E-state index in [1.807, 2.05) is 37.2 Å². The van der Waals surface area contributed by atoms with Gasteiger partial charge in [-0.05, 0) is 37.1 Å². The first-order chi connectivity index (χ1) is 19.9. The van der Waals surface area contributed by atoms with E-state index in [0.717, 1.165) is 25.2 Å². The summed E-state index contributed by atoms with van der Waals surface area (Å²) in [4.78, 5) is 58.5. The smallest absolute Gasteiger partial charge is 0.475 e. The molecule has 2 saturated heterocycles. The van der Waals surface area contributed by atoms with Gasteiger partial charge in [0.1, 0.15) is 5.82 Å². The van der Waals surface area contributed by atoms with Gasteiger partial charge >= 0.3 is 24.3 Å². The van der Waals surface area contributed by atoms with Gasteiger partial charge < -0.3 is 24.9 Å². The van der Waals surface area contributed by atoms with Gasteiger partial charge in [0.25, 0.3) is 5.91 Å². The fraction of sp³-hybridized carbons (Fsp3) is 0.462. The van der Waals surface area contributed by atoms with Gasteiger partial charge in [-0.2, -0.15) is 26.3 Å². The maximum atomic E-state index is 13.3. The molecule has 2 aliphatic rings. The number of nitrogens with zero attached hydrogens (tertiary/aromatic N) is 5. The zero-order valence-corrected chi connectivity index (χ0v) is 23.0. The van der Waals surface area contributed by atoms with E-state index in [1.54, 1.807) is 35.6 Å². The molecule has 0 saturated carbocycles. The number of likely N-dealkylation sites (tertiary alicyclic amines) is 1. The number of carbonyl (C=O) groups is 4. The molecule has 2 N–H and O–H groups in total. The molecule has 2 aromatic rings. The van der Waals surface area contributed by atoms with E-state index in [-0.39, 0.29) is 17.7 Å². The van der Waals surface area contributed by atoms with E-state index >= 15 is 0 Å². The van der Waals surface area contributed by atoms with Crippen molar-refractivity contribution in [2.45, 2.75) is 25.2 Å². The summed E-state index contributed by atoms with van der Waals surface area (Å²) in [6.45, 7) is 2.60. The van der Waals surface area contributed by atoms with Crippen molar-refractivity contribution in [2.24, 2.45) is 11.3 Å². The van der Waals surface area contributed by atoms with Crippen molar-refractivity contribution >= 4 is 29.6 Å². The zero-order chi connectivity index (χ0) is 32.6. The summed E-state index contributed by atoms with van der Waals surface area (Å²) in [7, 11) is 3.64. The summed E-state index contributed by atoms with van der Waals surface area (Å²) in [6.07, 6.45) is -3.52. The number of fused-ring (bicyclic) bond motifs is 1. The predicted molar refractivity (Wildman–Crippen MR) is 138 cm³/mol. The topological polar surface area (TPSA) is 144 Å². The number of carboxylic acid groups (broad SMARTS) is 2. The number of rotatable bonds is 3. The Morgan fingerprint density at radius 2 is 1.47 bits per heavy atom. The summed E-state index contributed by atoms with van der Waals surface area (Å²) in [5, 5.41) is 14.2. The highest BCUT2D eigenvalue weighted by Crippen LogP contribution is 2.45.